The van der Waals surface area contributed by atoms with Gasteiger partial charge in [0.15, 0.2) is 5.69 Å². The van der Waals surface area contributed by atoms with Crippen molar-refractivity contribution in [2.45, 2.75) is 6.61 Å². The number of nitrogens with zero attached hydrogens (tertiary/aromatic N) is 3. The van der Waals surface area contributed by atoms with E-state index in [0.717, 1.165) is 0 Å². The van der Waals surface area contributed by atoms with Crippen molar-refractivity contribution in [2.24, 2.45) is 0 Å². The molecule has 0 aliphatic heterocycles. The van der Waals surface area contributed by atoms with E-state index in [1.54, 1.807) is 55.0 Å². The molecule has 2 heterocycles. The second-order valence-corrected chi connectivity index (χ2v) is 6.34. The zero-order chi connectivity index (χ0) is 18.6. The van der Waals surface area contributed by atoms with E-state index in [0.29, 0.717) is 33.3 Å². The number of aromatic nitrogens is 3. The van der Waals surface area contributed by atoms with E-state index in [2.05, 4.69) is 19.9 Å². The number of benzene rings is 2. The largest absolute Gasteiger partial charge is 0.497 e. The standard InChI is InChI=1S/C18H13N3O5S/c1-23-11-2-4-12(5-3-11)25-18(22)16-10-27-17(19-16)9-24-13-6-7-14-15(8-13)21-26-20-14/h2-8,10H,9H2,1H3. The molecule has 0 unspecified atom stereocenters. The van der Waals surface area contributed by atoms with Crippen molar-refractivity contribution in [3.05, 3.63) is 58.5 Å². The lowest BCUT2D eigenvalue weighted by Crippen LogP contribution is -2.09. The molecule has 4 rings (SSSR count). The second kappa shape index (κ2) is 7.42. The summed E-state index contributed by atoms with van der Waals surface area (Å²) in [6.45, 7) is 0.220. The van der Waals surface area contributed by atoms with Crippen molar-refractivity contribution in [3.63, 3.8) is 0 Å². The number of rotatable bonds is 6. The highest BCUT2D eigenvalue weighted by molar-refractivity contribution is 7.09. The first-order valence-corrected chi connectivity index (χ1v) is 8.75. The molecule has 8 nitrogen and oxygen atoms in total. The monoisotopic (exact) mass is 383 g/mol. The highest BCUT2D eigenvalue weighted by Gasteiger charge is 2.14. The Labute approximate surface area is 157 Å². The highest BCUT2D eigenvalue weighted by atomic mass is 32.1. The van der Waals surface area contributed by atoms with Crippen molar-refractivity contribution in [1.29, 1.82) is 0 Å². The molecule has 0 N–H and O–H groups in total. The Balaban J connectivity index is 1.37. The summed E-state index contributed by atoms with van der Waals surface area (Å²) < 4.78 is 20.7. The Morgan fingerprint density at radius 2 is 1.78 bits per heavy atom. The SMILES string of the molecule is COc1ccc(OC(=O)c2csc(COc3ccc4nonc4c3)n2)cc1. The van der Waals surface area contributed by atoms with Crippen LogP contribution in [0.3, 0.4) is 0 Å². The predicted octanol–water partition coefficient (Wildman–Crippen LogP) is 3.49. The lowest BCUT2D eigenvalue weighted by Gasteiger charge is -2.04. The van der Waals surface area contributed by atoms with Gasteiger partial charge in [0, 0.05) is 11.4 Å². The van der Waals surface area contributed by atoms with Crippen LogP contribution in [0, 0.1) is 0 Å². The summed E-state index contributed by atoms with van der Waals surface area (Å²) in [5, 5.41) is 9.78. The van der Waals surface area contributed by atoms with Gasteiger partial charge in [0.05, 0.1) is 7.11 Å². The molecule has 0 amide bonds. The molecule has 4 aromatic rings. The van der Waals surface area contributed by atoms with Crippen molar-refractivity contribution >= 4 is 28.3 Å². The molecule has 0 aliphatic carbocycles. The van der Waals surface area contributed by atoms with Gasteiger partial charge < -0.3 is 14.2 Å². The molecule has 0 saturated carbocycles. The number of esters is 1. The summed E-state index contributed by atoms with van der Waals surface area (Å²) in [6.07, 6.45) is 0. The van der Waals surface area contributed by atoms with E-state index in [-0.39, 0.29) is 12.3 Å². The van der Waals surface area contributed by atoms with Crippen LogP contribution in [0.4, 0.5) is 0 Å². The quantitative estimate of drug-likeness (QED) is 0.369. The second-order valence-electron chi connectivity index (χ2n) is 5.39. The van der Waals surface area contributed by atoms with Crippen LogP contribution in [0.15, 0.2) is 52.5 Å². The number of carbonyl (C=O) groups excluding carboxylic acids is 1. The van der Waals surface area contributed by atoms with Crippen LogP contribution in [-0.4, -0.2) is 28.4 Å². The van der Waals surface area contributed by atoms with Crippen LogP contribution < -0.4 is 14.2 Å². The molecule has 2 aromatic carbocycles. The summed E-state index contributed by atoms with van der Waals surface area (Å²) in [5.74, 6) is 1.18. The molecule has 0 bridgehead atoms. The topological polar surface area (TPSA) is 96.6 Å². The zero-order valence-electron chi connectivity index (χ0n) is 14.1. The van der Waals surface area contributed by atoms with Gasteiger partial charge in [-0.3, -0.25) is 0 Å². The lowest BCUT2D eigenvalue weighted by atomic mass is 10.3. The molecule has 0 spiro atoms. The first kappa shape index (κ1) is 17.0. The van der Waals surface area contributed by atoms with Gasteiger partial charge in [-0.2, -0.15) is 0 Å². The van der Waals surface area contributed by atoms with Crippen molar-refractivity contribution in [1.82, 2.24) is 15.3 Å². The molecule has 0 atom stereocenters. The summed E-state index contributed by atoms with van der Waals surface area (Å²) in [7, 11) is 1.57. The third kappa shape index (κ3) is 3.87. The van der Waals surface area contributed by atoms with Gasteiger partial charge in [-0.05, 0) is 46.7 Å². The van der Waals surface area contributed by atoms with Crippen molar-refractivity contribution < 1.29 is 23.6 Å². The Bertz CT molecular complexity index is 1070. The fourth-order valence-electron chi connectivity index (χ4n) is 2.27. The van der Waals surface area contributed by atoms with E-state index in [9.17, 15) is 4.79 Å². The number of carbonyl (C=O) groups is 1. The molecule has 0 fully saturated rings. The number of hydrogen-bond donors (Lipinski definition) is 0. The van der Waals surface area contributed by atoms with Crippen molar-refractivity contribution in [2.75, 3.05) is 7.11 Å². The van der Waals surface area contributed by atoms with Gasteiger partial charge in [-0.1, -0.05) is 0 Å². The van der Waals surface area contributed by atoms with Crippen molar-refractivity contribution in [3.8, 4) is 17.2 Å². The summed E-state index contributed by atoms with van der Waals surface area (Å²) in [5.41, 5.74) is 1.49. The van der Waals surface area contributed by atoms with Gasteiger partial charge in [0.1, 0.15) is 39.9 Å². The molecular formula is C18H13N3O5S. The highest BCUT2D eigenvalue weighted by Crippen LogP contribution is 2.21. The van der Waals surface area contributed by atoms with E-state index < -0.39 is 5.97 Å². The molecule has 9 heteroatoms. The van der Waals surface area contributed by atoms with Crippen LogP contribution in [0.1, 0.15) is 15.5 Å². The average Bonchev–Trinajstić information content (AvgIpc) is 3.36. The molecule has 0 radical (unpaired) electrons. The number of ether oxygens (including phenoxy) is 3. The maximum atomic E-state index is 12.2. The minimum absolute atomic E-state index is 0.220. The first-order valence-electron chi connectivity index (χ1n) is 7.87. The normalized spacial score (nSPS) is 10.7. The molecule has 27 heavy (non-hydrogen) atoms. The summed E-state index contributed by atoms with van der Waals surface area (Å²) >= 11 is 1.32. The van der Waals surface area contributed by atoms with Gasteiger partial charge in [0.2, 0.25) is 0 Å². The van der Waals surface area contributed by atoms with Gasteiger partial charge in [0.25, 0.3) is 0 Å². The Kier molecular flexibility index (Phi) is 4.67. The molecule has 0 saturated heterocycles. The number of fused-ring (bicyclic) bond motifs is 1. The van der Waals surface area contributed by atoms with Gasteiger partial charge in [-0.15, -0.1) is 11.3 Å². The maximum Gasteiger partial charge on any atom is 0.363 e. The van der Waals surface area contributed by atoms with Crippen LogP contribution in [-0.2, 0) is 6.61 Å². The first-order chi connectivity index (χ1) is 13.2. The summed E-state index contributed by atoms with van der Waals surface area (Å²) in [6, 6.07) is 12.0. The average molecular weight is 383 g/mol. The van der Waals surface area contributed by atoms with Gasteiger partial charge >= 0.3 is 5.97 Å². The maximum absolute atomic E-state index is 12.2. The fourth-order valence-corrected chi connectivity index (χ4v) is 2.95. The number of thiazole rings is 1. The molecule has 136 valence electrons. The summed E-state index contributed by atoms with van der Waals surface area (Å²) in [4.78, 5) is 16.5. The smallest absolute Gasteiger partial charge is 0.363 e. The minimum atomic E-state index is -0.530. The van der Waals surface area contributed by atoms with E-state index in [1.807, 2.05) is 0 Å². The van der Waals surface area contributed by atoms with E-state index >= 15 is 0 Å². The lowest BCUT2D eigenvalue weighted by molar-refractivity contribution is 0.0729. The number of methoxy groups -OCH3 is 1. The van der Waals surface area contributed by atoms with Crippen LogP contribution >= 0.6 is 11.3 Å². The Hall–Kier alpha value is -3.46. The van der Waals surface area contributed by atoms with E-state index in [1.165, 1.54) is 11.3 Å². The fraction of sp³-hybridized carbons (Fsp3) is 0.111. The van der Waals surface area contributed by atoms with Crippen LogP contribution in [0.2, 0.25) is 0 Å². The number of hydrogen-bond acceptors (Lipinski definition) is 9. The minimum Gasteiger partial charge on any atom is -0.497 e. The third-order valence-corrected chi connectivity index (χ3v) is 4.44. The molecular weight excluding hydrogens is 370 g/mol. The van der Waals surface area contributed by atoms with Crippen LogP contribution in [0.25, 0.3) is 11.0 Å². The molecule has 2 aromatic heterocycles. The van der Waals surface area contributed by atoms with E-state index in [4.69, 9.17) is 14.2 Å². The van der Waals surface area contributed by atoms with Gasteiger partial charge in [-0.25, -0.2) is 14.4 Å². The van der Waals surface area contributed by atoms with Crippen LogP contribution in [0.5, 0.6) is 17.2 Å². The third-order valence-electron chi connectivity index (χ3n) is 3.62. The Morgan fingerprint density at radius 1 is 1.04 bits per heavy atom. The Morgan fingerprint density at radius 3 is 2.59 bits per heavy atom. The molecule has 0 aliphatic rings. The predicted molar refractivity (Wildman–Crippen MR) is 96.2 cm³/mol. The zero-order valence-corrected chi connectivity index (χ0v) is 14.9.